The molecule has 7 heteroatoms. The van der Waals surface area contributed by atoms with Crippen molar-refractivity contribution in [2.45, 2.75) is 32.8 Å². The minimum absolute atomic E-state index is 0.0000472. The molecule has 19 heavy (non-hydrogen) atoms. The van der Waals surface area contributed by atoms with E-state index in [-0.39, 0.29) is 17.8 Å². The van der Waals surface area contributed by atoms with E-state index in [1.807, 2.05) is 0 Å². The summed E-state index contributed by atoms with van der Waals surface area (Å²) in [5, 5.41) is 10.7. The highest BCUT2D eigenvalue weighted by Crippen LogP contribution is 2.30. The number of nitrogens with zero attached hydrogens (tertiary/aromatic N) is 1. The van der Waals surface area contributed by atoms with Crippen molar-refractivity contribution in [3.63, 3.8) is 0 Å². The number of nitrogen functional groups attached to an aromatic ring is 1. The largest absolute Gasteiger partial charge is 0.460 e. The molecule has 6 nitrogen and oxygen atoms in total. The molecule has 1 aromatic carbocycles. The van der Waals surface area contributed by atoms with E-state index in [1.54, 1.807) is 20.8 Å². The Morgan fingerprint density at radius 1 is 1.47 bits per heavy atom. The van der Waals surface area contributed by atoms with Crippen molar-refractivity contribution < 1.29 is 14.5 Å². The fraction of sp³-hybridized carbons (Fsp3) is 0.417. The maximum absolute atomic E-state index is 11.7. The summed E-state index contributed by atoms with van der Waals surface area (Å²) in [7, 11) is 0. The normalized spacial score (nSPS) is 11.2. The molecule has 1 rings (SSSR count). The van der Waals surface area contributed by atoms with Crippen LogP contribution in [-0.4, -0.2) is 16.5 Å². The van der Waals surface area contributed by atoms with Crippen LogP contribution in [-0.2, 0) is 16.0 Å². The maximum atomic E-state index is 11.7. The van der Waals surface area contributed by atoms with Crippen LogP contribution in [0.2, 0.25) is 0 Å². The number of carbonyl (C=O) groups excluding carboxylic acids is 1. The minimum Gasteiger partial charge on any atom is -0.460 e. The molecule has 0 fully saturated rings. The fourth-order valence-corrected chi connectivity index (χ4v) is 1.92. The Morgan fingerprint density at radius 2 is 2.05 bits per heavy atom. The zero-order chi connectivity index (χ0) is 14.8. The number of rotatable bonds is 3. The summed E-state index contributed by atoms with van der Waals surface area (Å²) in [6, 6.07) is 2.70. The van der Waals surface area contributed by atoms with Crippen LogP contribution in [0, 0.1) is 10.1 Å². The van der Waals surface area contributed by atoms with E-state index in [0.717, 1.165) is 0 Å². The number of hydrogen-bond acceptors (Lipinski definition) is 5. The van der Waals surface area contributed by atoms with Gasteiger partial charge in [0.15, 0.2) is 0 Å². The SMILES string of the molecule is CC(C)(C)OC(=O)Cc1cc(N)c([N+](=O)[O-])cc1Br. The zero-order valence-corrected chi connectivity index (χ0v) is 12.5. The lowest BCUT2D eigenvalue weighted by Gasteiger charge is -2.19. The van der Waals surface area contributed by atoms with Gasteiger partial charge in [-0.3, -0.25) is 14.9 Å². The highest BCUT2D eigenvalue weighted by molar-refractivity contribution is 9.10. The Morgan fingerprint density at radius 3 is 2.53 bits per heavy atom. The molecule has 0 spiro atoms. The van der Waals surface area contributed by atoms with Crippen molar-refractivity contribution in [2.75, 3.05) is 5.73 Å². The van der Waals surface area contributed by atoms with Crippen molar-refractivity contribution in [1.29, 1.82) is 0 Å². The third-order valence-corrected chi connectivity index (χ3v) is 2.89. The van der Waals surface area contributed by atoms with Gasteiger partial charge in [-0.25, -0.2) is 0 Å². The fourth-order valence-electron chi connectivity index (χ4n) is 1.45. The topological polar surface area (TPSA) is 95.5 Å². The number of hydrogen-bond donors (Lipinski definition) is 1. The van der Waals surface area contributed by atoms with Gasteiger partial charge >= 0.3 is 5.97 Å². The predicted molar refractivity (Wildman–Crippen MR) is 74.8 cm³/mol. The van der Waals surface area contributed by atoms with Gasteiger partial charge in [0.1, 0.15) is 11.3 Å². The third-order valence-electron chi connectivity index (χ3n) is 2.15. The van der Waals surface area contributed by atoms with Crippen LogP contribution in [0.25, 0.3) is 0 Å². The first kappa shape index (κ1) is 15.4. The number of benzene rings is 1. The second-order valence-corrected chi connectivity index (χ2v) is 5.88. The van der Waals surface area contributed by atoms with Gasteiger partial charge in [-0.05, 0) is 32.4 Å². The maximum Gasteiger partial charge on any atom is 0.310 e. The molecule has 2 N–H and O–H groups in total. The molecule has 104 valence electrons. The molecule has 0 aliphatic heterocycles. The Hall–Kier alpha value is -1.63. The Labute approximate surface area is 119 Å². The summed E-state index contributed by atoms with van der Waals surface area (Å²) in [5.74, 6) is -0.415. The lowest BCUT2D eigenvalue weighted by atomic mass is 10.1. The molecule has 0 amide bonds. The molecule has 0 atom stereocenters. The van der Waals surface area contributed by atoms with Gasteiger partial charge in [0.2, 0.25) is 0 Å². The number of anilines is 1. The van der Waals surface area contributed by atoms with Crippen LogP contribution in [0.5, 0.6) is 0 Å². The quantitative estimate of drug-likeness (QED) is 0.398. The molecule has 0 radical (unpaired) electrons. The van der Waals surface area contributed by atoms with Gasteiger partial charge in [-0.15, -0.1) is 0 Å². The van der Waals surface area contributed by atoms with E-state index in [1.165, 1.54) is 12.1 Å². The van der Waals surface area contributed by atoms with E-state index in [4.69, 9.17) is 10.5 Å². The molecule has 0 bridgehead atoms. The molecule has 1 aromatic rings. The summed E-state index contributed by atoms with van der Waals surface area (Å²) in [5.41, 5.74) is 5.38. The molecule has 0 aliphatic rings. The van der Waals surface area contributed by atoms with Gasteiger partial charge in [0.05, 0.1) is 11.3 Å². The Kier molecular flexibility index (Phi) is 4.52. The second-order valence-electron chi connectivity index (χ2n) is 5.02. The number of nitro groups is 1. The number of nitro benzene ring substituents is 1. The van der Waals surface area contributed by atoms with E-state index in [2.05, 4.69) is 15.9 Å². The first-order valence-corrected chi connectivity index (χ1v) is 6.33. The van der Waals surface area contributed by atoms with Crippen molar-refractivity contribution in [2.24, 2.45) is 0 Å². The van der Waals surface area contributed by atoms with Gasteiger partial charge in [-0.1, -0.05) is 15.9 Å². The van der Waals surface area contributed by atoms with Crippen LogP contribution in [0.1, 0.15) is 26.3 Å². The highest BCUT2D eigenvalue weighted by atomic mass is 79.9. The van der Waals surface area contributed by atoms with Crippen LogP contribution >= 0.6 is 15.9 Å². The standard InChI is InChI=1S/C12H15BrN2O4/c1-12(2,3)19-11(16)5-7-4-9(14)10(15(17)18)6-8(7)13/h4,6H,5,14H2,1-3H3. The van der Waals surface area contributed by atoms with E-state index in [0.29, 0.717) is 10.0 Å². The molecule has 0 unspecified atom stereocenters. The number of carbonyl (C=O) groups is 1. The lowest BCUT2D eigenvalue weighted by Crippen LogP contribution is -2.25. The van der Waals surface area contributed by atoms with Gasteiger partial charge in [-0.2, -0.15) is 0 Å². The minimum atomic E-state index is -0.574. The van der Waals surface area contributed by atoms with E-state index in [9.17, 15) is 14.9 Å². The van der Waals surface area contributed by atoms with Crippen molar-refractivity contribution in [3.05, 3.63) is 32.3 Å². The highest BCUT2D eigenvalue weighted by Gasteiger charge is 2.20. The summed E-state index contributed by atoms with van der Waals surface area (Å²) < 4.78 is 5.64. The van der Waals surface area contributed by atoms with Crippen molar-refractivity contribution in [3.8, 4) is 0 Å². The lowest BCUT2D eigenvalue weighted by molar-refractivity contribution is -0.384. The average Bonchev–Trinajstić information content (AvgIpc) is 2.19. The smallest absolute Gasteiger partial charge is 0.310 e. The summed E-state index contributed by atoms with van der Waals surface area (Å²) in [4.78, 5) is 21.8. The molecule has 0 aromatic heterocycles. The van der Waals surface area contributed by atoms with Crippen molar-refractivity contribution >= 4 is 33.3 Å². The number of nitrogens with two attached hydrogens (primary N) is 1. The number of ether oxygens (including phenoxy) is 1. The molecule has 0 saturated carbocycles. The van der Waals surface area contributed by atoms with Crippen molar-refractivity contribution in [1.82, 2.24) is 0 Å². The third kappa shape index (κ3) is 4.51. The molecule has 0 heterocycles. The molecule has 0 aliphatic carbocycles. The molecular weight excluding hydrogens is 316 g/mol. The average molecular weight is 331 g/mol. The predicted octanol–water partition coefficient (Wildman–Crippen LogP) is 2.82. The van der Waals surface area contributed by atoms with Gasteiger partial charge < -0.3 is 10.5 Å². The zero-order valence-electron chi connectivity index (χ0n) is 10.9. The second kappa shape index (κ2) is 5.56. The number of esters is 1. The summed E-state index contributed by atoms with van der Waals surface area (Å²) in [6.45, 7) is 5.30. The first-order valence-electron chi connectivity index (χ1n) is 5.54. The summed E-state index contributed by atoms with van der Waals surface area (Å²) in [6.07, 6.45) is 0.0000472. The molecule has 0 saturated heterocycles. The summed E-state index contributed by atoms with van der Waals surface area (Å²) >= 11 is 3.19. The number of halogens is 1. The van der Waals surface area contributed by atoms with E-state index >= 15 is 0 Å². The first-order chi connectivity index (χ1) is 8.60. The monoisotopic (exact) mass is 330 g/mol. The van der Waals surface area contributed by atoms with Gasteiger partial charge in [0, 0.05) is 10.5 Å². The van der Waals surface area contributed by atoms with E-state index < -0.39 is 16.5 Å². The van der Waals surface area contributed by atoms with Crippen LogP contribution in [0.3, 0.4) is 0 Å². The Balaban J connectivity index is 2.95. The molecular formula is C12H15BrN2O4. The van der Waals surface area contributed by atoms with Crippen LogP contribution in [0.4, 0.5) is 11.4 Å². The van der Waals surface area contributed by atoms with Crippen LogP contribution < -0.4 is 5.73 Å². The van der Waals surface area contributed by atoms with Crippen LogP contribution in [0.15, 0.2) is 16.6 Å². The van der Waals surface area contributed by atoms with Gasteiger partial charge in [0.25, 0.3) is 5.69 Å². The Bertz CT molecular complexity index is 523.